The molecule has 1 aliphatic carbocycles. The summed E-state index contributed by atoms with van der Waals surface area (Å²) in [6.07, 6.45) is 1.60. The Kier molecular flexibility index (Phi) is 3.43. The van der Waals surface area contributed by atoms with Crippen LogP contribution in [0.5, 0.6) is 0 Å². The smallest absolute Gasteiger partial charge is 0.240 e. The molecular weight excluding hydrogens is 236 g/mol. The van der Waals surface area contributed by atoms with Crippen molar-refractivity contribution in [3.8, 4) is 0 Å². The zero-order valence-corrected chi connectivity index (χ0v) is 12.3. The minimum Gasteiger partial charge on any atom is -0.348 e. The van der Waals surface area contributed by atoms with Gasteiger partial charge in [0.15, 0.2) is 0 Å². The maximum atomic E-state index is 11.9. The Balaban J connectivity index is 2.03. The third kappa shape index (κ3) is 3.16. The van der Waals surface area contributed by atoms with Crippen LogP contribution in [0.3, 0.4) is 0 Å². The molecule has 1 fully saturated rings. The fraction of sp³-hybridized carbons (Fsp3) is 0.562. The molecule has 1 aliphatic rings. The maximum Gasteiger partial charge on any atom is 0.240 e. The minimum absolute atomic E-state index is 0.00235. The molecule has 0 heterocycles. The number of nitrogens with one attached hydrogen (secondary N) is 1. The molecule has 0 aliphatic heterocycles. The first-order valence-corrected chi connectivity index (χ1v) is 6.93. The van der Waals surface area contributed by atoms with E-state index in [1.165, 1.54) is 5.56 Å². The molecule has 0 aromatic heterocycles. The van der Waals surface area contributed by atoms with Gasteiger partial charge in [-0.15, -0.1) is 0 Å². The highest BCUT2D eigenvalue weighted by atomic mass is 16.2. The number of benzene rings is 1. The molecule has 2 rings (SSSR count). The van der Waals surface area contributed by atoms with Crippen LogP contribution in [-0.4, -0.2) is 11.4 Å². The summed E-state index contributed by atoms with van der Waals surface area (Å²) in [5.41, 5.74) is 7.86. The second kappa shape index (κ2) is 4.64. The van der Waals surface area contributed by atoms with Crippen LogP contribution in [0.15, 0.2) is 24.3 Å². The topological polar surface area (TPSA) is 55.1 Å². The molecule has 1 aromatic carbocycles. The van der Waals surface area contributed by atoms with Gasteiger partial charge in [-0.2, -0.15) is 0 Å². The molecule has 3 N–H and O–H groups in total. The number of nitrogens with two attached hydrogens (primary N) is 1. The summed E-state index contributed by atoms with van der Waals surface area (Å²) in [5.74, 6) is -0.0279. The summed E-state index contributed by atoms with van der Waals surface area (Å²) >= 11 is 0. The summed E-state index contributed by atoms with van der Waals surface area (Å²) in [6.45, 7) is 8.57. The van der Waals surface area contributed by atoms with Gasteiger partial charge < -0.3 is 11.1 Å². The largest absolute Gasteiger partial charge is 0.348 e. The van der Waals surface area contributed by atoms with Gasteiger partial charge in [0.1, 0.15) is 0 Å². The van der Waals surface area contributed by atoms with Crippen LogP contribution in [0.2, 0.25) is 0 Å². The molecule has 19 heavy (non-hydrogen) atoms. The Hall–Kier alpha value is -1.35. The van der Waals surface area contributed by atoms with Crippen molar-refractivity contribution < 1.29 is 4.79 Å². The molecular formula is C16H24N2O. The molecule has 3 heteroatoms. The zero-order chi connectivity index (χ0) is 14.3. The standard InChI is InChI=1S/C16H24N2O/c1-11(18-14(19)16(17)9-10-16)12-5-7-13(8-6-12)15(2,3)4/h5-8,11H,9-10,17H2,1-4H3,(H,18,19). The predicted molar refractivity (Wildman–Crippen MR) is 77.9 cm³/mol. The van der Waals surface area contributed by atoms with Gasteiger partial charge in [-0.05, 0) is 36.3 Å². The summed E-state index contributed by atoms with van der Waals surface area (Å²) in [5, 5.41) is 2.99. The highest BCUT2D eigenvalue weighted by Crippen LogP contribution is 2.33. The second-order valence-corrected chi connectivity index (χ2v) is 6.72. The summed E-state index contributed by atoms with van der Waals surface area (Å²) in [4.78, 5) is 11.9. The van der Waals surface area contributed by atoms with Crippen LogP contribution >= 0.6 is 0 Å². The first kappa shape index (κ1) is 14.1. The van der Waals surface area contributed by atoms with Crippen LogP contribution in [0.25, 0.3) is 0 Å². The lowest BCUT2D eigenvalue weighted by atomic mass is 9.86. The first-order valence-electron chi connectivity index (χ1n) is 6.93. The van der Waals surface area contributed by atoms with Crippen molar-refractivity contribution >= 4 is 5.91 Å². The Bertz CT molecular complexity index is 467. The van der Waals surface area contributed by atoms with Crippen LogP contribution in [0.1, 0.15) is 57.7 Å². The Morgan fingerprint density at radius 2 is 1.79 bits per heavy atom. The van der Waals surface area contributed by atoms with E-state index in [-0.39, 0.29) is 17.4 Å². The number of amides is 1. The van der Waals surface area contributed by atoms with Crippen molar-refractivity contribution in [3.63, 3.8) is 0 Å². The van der Waals surface area contributed by atoms with Gasteiger partial charge in [-0.1, -0.05) is 45.0 Å². The molecule has 3 nitrogen and oxygen atoms in total. The summed E-state index contributed by atoms with van der Waals surface area (Å²) in [7, 11) is 0. The number of hydrogen-bond donors (Lipinski definition) is 2. The third-order valence-electron chi connectivity index (χ3n) is 3.87. The van der Waals surface area contributed by atoms with Crippen molar-refractivity contribution in [1.82, 2.24) is 5.32 Å². The van der Waals surface area contributed by atoms with Gasteiger partial charge in [0, 0.05) is 0 Å². The molecule has 1 amide bonds. The molecule has 0 radical (unpaired) electrons. The molecule has 1 atom stereocenters. The Labute approximate surface area is 115 Å². The Morgan fingerprint density at radius 3 is 2.21 bits per heavy atom. The molecule has 1 saturated carbocycles. The predicted octanol–water partition coefficient (Wildman–Crippen LogP) is 2.65. The van der Waals surface area contributed by atoms with E-state index in [0.29, 0.717) is 0 Å². The van der Waals surface area contributed by atoms with E-state index in [1.807, 2.05) is 6.92 Å². The molecule has 0 saturated heterocycles. The molecule has 1 unspecified atom stereocenters. The minimum atomic E-state index is -0.598. The normalized spacial score (nSPS) is 18.8. The van der Waals surface area contributed by atoms with Crippen molar-refractivity contribution in [1.29, 1.82) is 0 Å². The van der Waals surface area contributed by atoms with E-state index in [0.717, 1.165) is 18.4 Å². The van der Waals surface area contributed by atoms with E-state index < -0.39 is 5.54 Å². The van der Waals surface area contributed by atoms with E-state index in [2.05, 4.69) is 50.4 Å². The van der Waals surface area contributed by atoms with Crippen molar-refractivity contribution in [2.75, 3.05) is 0 Å². The van der Waals surface area contributed by atoms with E-state index in [9.17, 15) is 4.79 Å². The number of rotatable bonds is 3. The highest BCUT2D eigenvalue weighted by Gasteiger charge is 2.46. The molecule has 0 spiro atoms. The van der Waals surface area contributed by atoms with E-state index in [1.54, 1.807) is 0 Å². The lowest BCUT2D eigenvalue weighted by Gasteiger charge is -2.21. The summed E-state index contributed by atoms with van der Waals surface area (Å²) < 4.78 is 0. The third-order valence-corrected chi connectivity index (χ3v) is 3.87. The zero-order valence-electron chi connectivity index (χ0n) is 12.3. The van der Waals surface area contributed by atoms with Gasteiger partial charge in [0.25, 0.3) is 0 Å². The molecule has 1 aromatic rings. The Morgan fingerprint density at radius 1 is 1.26 bits per heavy atom. The fourth-order valence-electron chi connectivity index (χ4n) is 2.06. The monoisotopic (exact) mass is 260 g/mol. The lowest BCUT2D eigenvalue weighted by molar-refractivity contribution is -0.123. The quantitative estimate of drug-likeness (QED) is 0.878. The van der Waals surface area contributed by atoms with Crippen molar-refractivity contribution in [2.24, 2.45) is 5.73 Å². The number of hydrogen-bond acceptors (Lipinski definition) is 2. The average molecular weight is 260 g/mol. The SMILES string of the molecule is CC(NC(=O)C1(N)CC1)c1ccc(C(C)(C)C)cc1. The number of carbonyl (C=O) groups excluding carboxylic acids is 1. The average Bonchev–Trinajstić information content (AvgIpc) is 3.08. The summed E-state index contributed by atoms with van der Waals surface area (Å²) in [6, 6.07) is 8.44. The fourth-order valence-corrected chi connectivity index (χ4v) is 2.06. The first-order chi connectivity index (χ1) is 8.72. The van der Waals surface area contributed by atoms with Crippen LogP contribution < -0.4 is 11.1 Å². The van der Waals surface area contributed by atoms with E-state index in [4.69, 9.17) is 5.73 Å². The van der Waals surface area contributed by atoms with Gasteiger partial charge in [0.2, 0.25) is 5.91 Å². The van der Waals surface area contributed by atoms with Gasteiger partial charge in [-0.3, -0.25) is 4.79 Å². The molecule has 104 valence electrons. The van der Waals surface area contributed by atoms with Gasteiger partial charge in [-0.25, -0.2) is 0 Å². The van der Waals surface area contributed by atoms with Gasteiger partial charge in [0.05, 0.1) is 11.6 Å². The lowest BCUT2D eigenvalue weighted by Crippen LogP contribution is -2.43. The second-order valence-electron chi connectivity index (χ2n) is 6.72. The highest BCUT2D eigenvalue weighted by molar-refractivity contribution is 5.89. The van der Waals surface area contributed by atoms with Crippen LogP contribution in [-0.2, 0) is 10.2 Å². The van der Waals surface area contributed by atoms with Crippen LogP contribution in [0.4, 0.5) is 0 Å². The van der Waals surface area contributed by atoms with Crippen LogP contribution in [0, 0.1) is 0 Å². The maximum absolute atomic E-state index is 11.9. The molecule has 0 bridgehead atoms. The van der Waals surface area contributed by atoms with E-state index >= 15 is 0 Å². The van der Waals surface area contributed by atoms with Gasteiger partial charge >= 0.3 is 0 Å². The number of carbonyl (C=O) groups is 1. The van der Waals surface area contributed by atoms with Crippen molar-refractivity contribution in [2.45, 2.75) is 57.5 Å². The van der Waals surface area contributed by atoms with Crippen molar-refractivity contribution in [3.05, 3.63) is 35.4 Å².